The van der Waals surface area contributed by atoms with Crippen LogP contribution >= 0.6 is 0 Å². The van der Waals surface area contributed by atoms with Gasteiger partial charge in [-0.1, -0.05) is 6.42 Å². The molecule has 0 aromatic rings. The summed E-state index contributed by atoms with van der Waals surface area (Å²) in [5.41, 5.74) is 5.20. The highest BCUT2D eigenvalue weighted by Gasteiger charge is 2.10. The molecule has 1 unspecified atom stereocenters. The molecular weight excluding hydrogens is 212 g/mol. The van der Waals surface area contributed by atoms with Gasteiger partial charge in [0.05, 0.1) is 0 Å². The van der Waals surface area contributed by atoms with Crippen molar-refractivity contribution in [3.63, 3.8) is 0 Å². The smallest absolute Gasteiger partial charge is 0.333 e. The second kappa shape index (κ2) is 5.91. The van der Waals surface area contributed by atoms with Gasteiger partial charge in [0, 0.05) is 6.54 Å². The van der Waals surface area contributed by atoms with E-state index in [1.54, 1.807) is 0 Å². The molecule has 0 aliphatic rings. The molecule has 0 rings (SSSR count). The van der Waals surface area contributed by atoms with E-state index in [4.69, 9.17) is 15.4 Å². The number of carboxylic acid groups (broad SMARTS) is 1. The van der Waals surface area contributed by atoms with Crippen LogP contribution in [0.3, 0.4) is 0 Å². The normalized spacial score (nSPS) is 13.9. The number of hydrogen-bond acceptors (Lipinski definition) is 4. The fourth-order valence-corrected chi connectivity index (χ4v) is 1.22. The lowest BCUT2D eigenvalue weighted by molar-refractivity contribution is -0.138. The second-order valence-corrected chi connectivity index (χ2v) is 4.05. The fourth-order valence-electron chi connectivity index (χ4n) is 0.814. The van der Waals surface area contributed by atoms with Gasteiger partial charge in [-0.15, -0.1) is 0 Å². The van der Waals surface area contributed by atoms with Crippen LogP contribution in [0.1, 0.15) is 19.3 Å². The average Bonchev–Trinajstić information content (AvgIpc) is 2.01. The molecule has 0 aromatic carbocycles. The summed E-state index contributed by atoms with van der Waals surface area (Å²) >= 11 is 0. The Bertz CT molecular complexity index is 276. The third-order valence-electron chi connectivity index (χ3n) is 1.54. The van der Waals surface area contributed by atoms with Gasteiger partial charge >= 0.3 is 16.3 Å². The van der Waals surface area contributed by atoms with Crippen LogP contribution < -0.4 is 10.5 Å². The van der Waals surface area contributed by atoms with E-state index >= 15 is 0 Å². The van der Waals surface area contributed by atoms with Crippen molar-refractivity contribution in [3.8, 4) is 0 Å². The predicted octanol–water partition coefficient (Wildman–Crippen LogP) is -1.04. The van der Waals surface area contributed by atoms with Gasteiger partial charge in [0.25, 0.3) is 0 Å². The number of unbranched alkanes of at least 4 members (excludes halogenated alkanes) is 1. The van der Waals surface area contributed by atoms with Gasteiger partial charge in [0.1, 0.15) is 6.04 Å². The van der Waals surface area contributed by atoms with E-state index in [2.05, 4.69) is 0 Å². The summed E-state index contributed by atoms with van der Waals surface area (Å²) in [6, 6.07) is -0.916. The number of carbonyl (C=O) groups is 1. The maximum atomic E-state index is 10.2. The van der Waals surface area contributed by atoms with Crippen molar-refractivity contribution in [1.29, 1.82) is 0 Å². The van der Waals surface area contributed by atoms with Crippen LogP contribution in [0.15, 0.2) is 0 Å². The van der Waals surface area contributed by atoms with E-state index in [1.807, 2.05) is 4.72 Å². The van der Waals surface area contributed by atoms with Gasteiger partial charge in [0.2, 0.25) is 0 Å². The standard InChI is InChI=1S/C6H14N2O5S/c7-5(6(9)10)3-1-2-4-8-14(11,12)13/h5,8H,1-4,7H2,(H,9,10)(H,11,12,13). The Balaban J connectivity index is 3.44. The summed E-state index contributed by atoms with van der Waals surface area (Å²) < 4.78 is 30.4. The molecule has 14 heavy (non-hydrogen) atoms. The first-order valence-electron chi connectivity index (χ1n) is 4.03. The SMILES string of the molecule is NC(CCCCNS(=O)(=O)O)C(=O)O. The van der Waals surface area contributed by atoms with Crippen LogP contribution in [0.5, 0.6) is 0 Å². The number of aliphatic carboxylic acids is 1. The van der Waals surface area contributed by atoms with Gasteiger partial charge in [-0.2, -0.15) is 13.1 Å². The van der Waals surface area contributed by atoms with Crippen molar-refractivity contribution in [2.24, 2.45) is 5.73 Å². The van der Waals surface area contributed by atoms with Crippen molar-refractivity contribution in [1.82, 2.24) is 4.72 Å². The molecule has 0 saturated heterocycles. The molecule has 84 valence electrons. The van der Waals surface area contributed by atoms with Gasteiger partial charge in [-0.3, -0.25) is 9.35 Å². The summed E-state index contributed by atoms with van der Waals surface area (Å²) in [6.07, 6.45) is 1.19. The molecule has 0 saturated carbocycles. The summed E-state index contributed by atoms with van der Waals surface area (Å²) in [6.45, 7) is 0.0746. The monoisotopic (exact) mass is 226 g/mol. The van der Waals surface area contributed by atoms with Crippen LogP contribution in [0.4, 0.5) is 0 Å². The molecule has 0 heterocycles. The summed E-state index contributed by atoms with van der Waals surface area (Å²) in [7, 11) is -4.14. The molecular formula is C6H14N2O5S. The first-order valence-corrected chi connectivity index (χ1v) is 5.47. The third-order valence-corrected chi connectivity index (χ3v) is 2.11. The van der Waals surface area contributed by atoms with Crippen molar-refractivity contribution in [3.05, 3.63) is 0 Å². The van der Waals surface area contributed by atoms with E-state index in [1.165, 1.54) is 0 Å². The van der Waals surface area contributed by atoms with E-state index in [0.717, 1.165) is 0 Å². The lowest BCUT2D eigenvalue weighted by atomic mass is 10.1. The molecule has 0 spiro atoms. The van der Waals surface area contributed by atoms with E-state index < -0.39 is 22.3 Å². The van der Waals surface area contributed by atoms with E-state index in [9.17, 15) is 13.2 Å². The van der Waals surface area contributed by atoms with Gasteiger partial charge in [-0.25, -0.2) is 0 Å². The lowest BCUT2D eigenvalue weighted by Crippen LogP contribution is -2.30. The Morgan fingerprint density at radius 2 is 2.00 bits per heavy atom. The van der Waals surface area contributed by atoms with Crippen molar-refractivity contribution >= 4 is 16.3 Å². The van der Waals surface area contributed by atoms with Gasteiger partial charge in [0.15, 0.2) is 0 Å². The van der Waals surface area contributed by atoms with Crippen molar-refractivity contribution in [2.45, 2.75) is 25.3 Å². The zero-order valence-corrected chi connectivity index (χ0v) is 8.33. The number of hydrogen-bond donors (Lipinski definition) is 4. The highest BCUT2D eigenvalue weighted by Crippen LogP contribution is 1.98. The number of carboxylic acids is 1. The molecule has 0 aliphatic carbocycles. The molecule has 7 nitrogen and oxygen atoms in total. The Hall–Kier alpha value is -0.700. The molecule has 0 radical (unpaired) electrons. The Morgan fingerprint density at radius 1 is 1.43 bits per heavy atom. The van der Waals surface area contributed by atoms with Crippen LogP contribution in [0.25, 0.3) is 0 Å². The summed E-state index contributed by atoms with van der Waals surface area (Å²) in [5, 5.41) is 8.39. The molecule has 1 atom stereocenters. The molecule has 8 heteroatoms. The lowest BCUT2D eigenvalue weighted by Gasteiger charge is -2.05. The van der Waals surface area contributed by atoms with E-state index in [0.29, 0.717) is 12.8 Å². The minimum absolute atomic E-state index is 0.0746. The average molecular weight is 226 g/mol. The molecule has 0 aliphatic heterocycles. The zero-order chi connectivity index (χ0) is 11.2. The Morgan fingerprint density at radius 3 is 2.43 bits per heavy atom. The zero-order valence-electron chi connectivity index (χ0n) is 7.51. The van der Waals surface area contributed by atoms with E-state index in [-0.39, 0.29) is 13.0 Å². The van der Waals surface area contributed by atoms with Crippen molar-refractivity contribution < 1.29 is 22.9 Å². The number of nitrogens with one attached hydrogen (secondary N) is 1. The number of nitrogens with two attached hydrogens (primary N) is 1. The molecule has 0 bridgehead atoms. The molecule has 0 amide bonds. The highest BCUT2D eigenvalue weighted by molar-refractivity contribution is 7.83. The minimum atomic E-state index is -4.14. The largest absolute Gasteiger partial charge is 0.480 e. The highest BCUT2D eigenvalue weighted by atomic mass is 32.2. The molecule has 5 N–H and O–H groups in total. The van der Waals surface area contributed by atoms with Crippen LogP contribution in [0, 0.1) is 0 Å². The third kappa shape index (κ3) is 7.92. The molecule has 0 aromatic heterocycles. The quantitative estimate of drug-likeness (QED) is 0.324. The minimum Gasteiger partial charge on any atom is -0.480 e. The maximum Gasteiger partial charge on any atom is 0.333 e. The maximum absolute atomic E-state index is 10.2. The Kier molecular flexibility index (Phi) is 5.62. The first-order chi connectivity index (χ1) is 6.33. The number of rotatable bonds is 7. The summed E-state index contributed by atoms with van der Waals surface area (Å²) in [5.74, 6) is -1.08. The van der Waals surface area contributed by atoms with Crippen LogP contribution in [0.2, 0.25) is 0 Å². The van der Waals surface area contributed by atoms with Crippen molar-refractivity contribution in [2.75, 3.05) is 6.54 Å². The van der Waals surface area contributed by atoms with Gasteiger partial charge in [-0.05, 0) is 12.8 Å². The fraction of sp³-hybridized carbons (Fsp3) is 0.833. The topological polar surface area (TPSA) is 130 Å². The predicted molar refractivity (Wildman–Crippen MR) is 49.0 cm³/mol. The van der Waals surface area contributed by atoms with Crippen LogP contribution in [-0.4, -0.2) is 36.6 Å². The van der Waals surface area contributed by atoms with Crippen LogP contribution in [-0.2, 0) is 15.1 Å². The Labute approximate surface area is 82.2 Å². The molecule has 0 fully saturated rings. The first kappa shape index (κ1) is 13.3. The second-order valence-electron chi connectivity index (χ2n) is 2.81. The van der Waals surface area contributed by atoms with Gasteiger partial charge < -0.3 is 10.8 Å². The summed E-state index contributed by atoms with van der Waals surface area (Å²) in [4.78, 5) is 10.2.